The molecule has 0 unspecified atom stereocenters. The number of nitrogens with zero attached hydrogens (tertiary/aromatic N) is 2. The lowest BCUT2D eigenvalue weighted by molar-refractivity contribution is -0.136. The summed E-state index contributed by atoms with van der Waals surface area (Å²) in [6, 6.07) is 21.2. The smallest absolute Gasteiger partial charge is 0.245 e. The van der Waals surface area contributed by atoms with E-state index in [1.54, 1.807) is 24.1 Å². The SMILES string of the molecule is CN(Cc1ccccc1)C(=O)[C@H](Cc1ccc(Cl)c(Cl)c1)NC(=O)[C@@H]1CCCN1C(=S)NCc1ccccc1Cl. The summed E-state index contributed by atoms with van der Waals surface area (Å²) in [5.74, 6) is -0.446. The Morgan fingerprint density at radius 3 is 2.42 bits per heavy atom. The van der Waals surface area contributed by atoms with E-state index in [1.165, 1.54) is 0 Å². The molecule has 1 aliphatic rings. The van der Waals surface area contributed by atoms with Gasteiger partial charge in [0.05, 0.1) is 10.0 Å². The van der Waals surface area contributed by atoms with Crippen LogP contribution in [0, 0.1) is 0 Å². The maximum atomic E-state index is 13.6. The van der Waals surface area contributed by atoms with Gasteiger partial charge in [0.25, 0.3) is 0 Å². The molecule has 10 heteroatoms. The molecule has 0 saturated carbocycles. The fourth-order valence-electron chi connectivity index (χ4n) is 4.77. The Hall–Kier alpha value is -2.84. The maximum absolute atomic E-state index is 13.6. The summed E-state index contributed by atoms with van der Waals surface area (Å²) in [6.45, 7) is 1.51. The molecule has 1 fully saturated rings. The van der Waals surface area contributed by atoms with Crippen LogP contribution in [0.4, 0.5) is 0 Å². The number of amides is 2. The van der Waals surface area contributed by atoms with E-state index in [0.29, 0.717) is 46.2 Å². The van der Waals surface area contributed by atoms with E-state index in [-0.39, 0.29) is 18.2 Å². The number of likely N-dealkylation sites (N-methyl/N-ethyl adjacent to an activating group) is 1. The molecule has 2 atom stereocenters. The quantitative estimate of drug-likeness (QED) is 0.294. The highest BCUT2D eigenvalue weighted by Gasteiger charge is 2.35. The normalized spacial score (nSPS) is 15.4. The van der Waals surface area contributed by atoms with Gasteiger partial charge < -0.3 is 20.4 Å². The zero-order valence-corrected chi connectivity index (χ0v) is 25.2. The Balaban J connectivity index is 1.47. The molecular weight excluding hydrogens is 587 g/mol. The summed E-state index contributed by atoms with van der Waals surface area (Å²) in [5, 5.41) is 8.20. The minimum atomic E-state index is -0.800. The van der Waals surface area contributed by atoms with Crippen molar-refractivity contribution in [3.05, 3.63) is 105 Å². The van der Waals surface area contributed by atoms with Gasteiger partial charge >= 0.3 is 0 Å². The molecule has 0 spiro atoms. The first-order valence-electron chi connectivity index (χ1n) is 13.0. The highest BCUT2D eigenvalue weighted by atomic mass is 35.5. The molecule has 1 saturated heterocycles. The third kappa shape index (κ3) is 7.88. The summed E-state index contributed by atoms with van der Waals surface area (Å²) in [7, 11) is 1.74. The van der Waals surface area contributed by atoms with Crippen molar-refractivity contribution in [2.75, 3.05) is 13.6 Å². The fraction of sp³-hybridized carbons (Fsp3) is 0.300. The first-order valence-corrected chi connectivity index (χ1v) is 14.6. The van der Waals surface area contributed by atoms with Crippen LogP contribution in [0.15, 0.2) is 72.8 Å². The molecule has 2 amide bonds. The van der Waals surface area contributed by atoms with Gasteiger partial charge in [-0.15, -0.1) is 0 Å². The minimum absolute atomic E-state index is 0.202. The van der Waals surface area contributed by atoms with Crippen molar-refractivity contribution in [3.8, 4) is 0 Å². The number of rotatable bonds is 9. The second kappa shape index (κ2) is 14.2. The molecule has 1 aliphatic heterocycles. The van der Waals surface area contributed by atoms with Crippen molar-refractivity contribution >= 4 is 63.9 Å². The number of hydrogen-bond donors (Lipinski definition) is 2. The highest BCUT2D eigenvalue weighted by Crippen LogP contribution is 2.24. The van der Waals surface area contributed by atoms with Crippen molar-refractivity contribution in [2.24, 2.45) is 0 Å². The van der Waals surface area contributed by atoms with Crippen molar-refractivity contribution in [1.82, 2.24) is 20.4 Å². The Morgan fingerprint density at radius 1 is 0.975 bits per heavy atom. The molecule has 0 aromatic heterocycles. The van der Waals surface area contributed by atoms with Crippen molar-refractivity contribution < 1.29 is 9.59 Å². The molecular formula is C30H31Cl3N4O2S. The van der Waals surface area contributed by atoms with Gasteiger partial charge in [-0.1, -0.05) is 89.4 Å². The van der Waals surface area contributed by atoms with E-state index in [0.717, 1.165) is 23.1 Å². The lowest BCUT2D eigenvalue weighted by atomic mass is 10.0. The van der Waals surface area contributed by atoms with Crippen LogP contribution in [0.2, 0.25) is 15.1 Å². The molecule has 2 N–H and O–H groups in total. The van der Waals surface area contributed by atoms with Crippen LogP contribution in [-0.2, 0) is 29.1 Å². The third-order valence-corrected chi connectivity index (χ3v) is 8.37. The molecule has 6 nitrogen and oxygen atoms in total. The van der Waals surface area contributed by atoms with E-state index in [2.05, 4.69) is 10.6 Å². The number of halogens is 3. The molecule has 0 bridgehead atoms. The summed E-state index contributed by atoms with van der Waals surface area (Å²) >= 11 is 24.3. The van der Waals surface area contributed by atoms with E-state index in [4.69, 9.17) is 47.0 Å². The average Bonchev–Trinajstić information content (AvgIpc) is 3.45. The van der Waals surface area contributed by atoms with Crippen molar-refractivity contribution in [3.63, 3.8) is 0 Å². The number of benzene rings is 3. The van der Waals surface area contributed by atoms with Gasteiger partial charge in [-0.2, -0.15) is 0 Å². The number of nitrogens with one attached hydrogen (secondary N) is 2. The summed E-state index contributed by atoms with van der Waals surface area (Å²) < 4.78 is 0. The van der Waals surface area contributed by atoms with Gasteiger partial charge in [-0.3, -0.25) is 9.59 Å². The number of thiocarbonyl (C=S) groups is 1. The summed E-state index contributed by atoms with van der Waals surface area (Å²) in [5.41, 5.74) is 2.71. The lowest BCUT2D eigenvalue weighted by Crippen LogP contribution is -2.55. The van der Waals surface area contributed by atoms with E-state index in [9.17, 15) is 9.59 Å². The van der Waals surface area contributed by atoms with Gasteiger partial charge in [0.15, 0.2) is 5.11 Å². The lowest BCUT2D eigenvalue weighted by Gasteiger charge is -2.30. The summed E-state index contributed by atoms with van der Waals surface area (Å²) in [4.78, 5) is 30.8. The molecule has 3 aromatic rings. The fourth-order valence-corrected chi connectivity index (χ4v) is 5.58. The summed E-state index contributed by atoms with van der Waals surface area (Å²) in [6.07, 6.45) is 1.71. The molecule has 3 aromatic carbocycles. The number of hydrogen-bond acceptors (Lipinski definition) is 3. The second-order valence-electron chi connectivity index (χ2n) is 9.80. The van der Waals surface area contributed by atoms with Gasteiger partial charge in [0.2, 0.25) is 11.8 Å². The first kappa shape index (κ1) is 30.1. The highest BCUT2D eigenvalue weighted by molar-refractivity contribution is 7.80. The topological polar surface area (TPSA) is 64.7 Å². The second-order valence-corrected chi connectivity index (χ2v) is 11.4. The molecule has 210 valence electrons. The number of carbonyl (C=O) groups excluding carboxylic acids is 2. The van der Waals surface area contributed by atoms with E-state index in [1.807, 2.05) is 65.6 Å². The van der Waals surface area contributed by atoms with E-state index < -0.39 is 12.1 Å². The van der Waals surface area contributed by atoms with Gasteiger partial charge in [-0.25, -0.2) is 0 Å². The monoisotopic (exact) mass is 616 g/mol. The third-order valence-electron chi connectivity index (χ3n) is 6.88. The molecule has 40 heavy (non-hydrogen) atoms. The van der Waals surface area contributed by atoms with E-state index >= 15 is 0 Å². The zero-order chi connectivity index (χ0) is 28.6. The van der Waals surface area contributed by atoms with Crippen LogP contribution in [0.5, 0.6) is 0 Å². The van der Waals surface area contributed by atoms with Crippen molar-refractivity contribution in [2.45, 2.75) is 44.4 Å². The maximum Gasteiger partial charge on any atom is 0.245 e. The first-order chi connectivity index (χ1) is 19.2. The van der Waals surface area contributed by atoms with Crippen LogP contribution in [0.3, 0.4) is 0 Å². The van der Waals surface area contributed by atoms with Gasteiger partial charge in [0.1, 0.15) is 12.1 Å². The van der Waals surface area contributed by atoms with Gasteiger partial charge in [0, 0.05) is 38.1 Å². The predicted molar refractivity (Wildman–Crippen MR) is 166 cm³/mol. The molecule has 0 radical (unpaired) electrons. The van der Waals surface area contributed by atoms with Crippen LogP contribution in [0.25, 0.3) is 0 Å². The van der Waals surface area contributed by atoms with Crippen LogP contribution < -0.4 is 10.6 Å². The standard InChI is InChI=1S/C30H31Cl3N4O2S/c1-36(19-20-8-3-2-4-9-20)29(39)26(17-21-13-14-24(32)25(33)16-21)35-28(38)27-12-7-15-37(27)30(40)34-18-22-10-5-6-11-23(22)31/h2-6,8-11,13-14,16,26-27H,7,12,15,17-19H2,1H3,(H,34,40)(H,35,38)/t26-,27-/m0/s1. The largest absolute Gasteiger partial charge is 0.358 e. The Morgan fingerprint density at radius 2 is 1.70 bits per heavy atom. The van der Waals surface area contributed by atoms with Gasteiger partial charge in [-0.05, 0) is 59.9 Å². The number of carbonyl (C=O) groups is 2. The van der Waals surface area contributed by atoms with Crippen LogP contribution >= 0.6 is 47.0 Å². The molecule has 0 aliphatic carbocycles. The van der Waals surface area contributed by atoms with Crippen LogP contribution in [0.1, 0.15) is 29.5 Å². The van der Waals surface area contributed by atoms with Crippen molar-refractivity contribution in [1.29, 1.82) is 0 Å². The Labute approximate surface area is 255 Å². The van der Waals surface area contributed by atoms with Crippen LogP contribution in [-0.4, -0.2) is 52.4 Å². The molecule has 1 heterocycles. The minimum Gasteiger partial charge on any atom is -0.358 e. The Bertz CT molecular complexity index is 1360. The molecule has 4 rings (SSSR count). The Kier molecular flexibility index (Phi) is 10.7. The number of likely N-dealkylation sites (tertiary alicyclic amines) is 1. The zero-order valence-electron chi connectivity index (χ0n) is 22.1. The average molecular weight is 618 g/mol. The predicted octanol–water partition coefficient (Wildman–Crippen LogP) is 5.87.